The number of amides is 1. The number of carbonyl (C=O) groups excluding carboxylic acids is 1. The van der Waals surface area contributed by atoms with Gasteiger partial charge in [0.25, 0.3) is 5.91 Å². The SMILES string of the molecule is CCNc1cc(C(=O)NCC2(OC)CCC2)c(Cl)cn1. The number of methoxy groups -OCH3 is 1. The van der Waals surface area contributed by atoms with Crippen LogP contribution in [-0.4, -0.2) is 36.7 Å². The van der Waals surface area contributed by atoms with Crippen LogP contribution >= 0.6 is 11.6 Å². The third-order valence-corrected chi connectivity index (χ3v) is 4.03. The minimum Gasteiger partial charge on any atom is -0.376 e. The number of rotatable bonds is 6. The molecule has 0 bridgehead atoms. The van der Waals surface area contributed by atoms with Gasteiger partial charge < -0.3 is 15.4 Å². The van der Waals surface area contributed by atoms with Crippen LogP contribution in [0.25, 0.3) is 0 Å². The highest BCUT2D eigenvalue weighted by molar-refractivity contribution is 6.33. The molecule has 2 N–H and O–H groups in total. The molecule has 0 spiro atoms. The zero-order valence-electron chi connectivity index (χ0n) is 11.8. The molecule has 0 aromatic carbocycles. The Kier molecular flexibility index (Phi) is 4.83. The van der Waals surface area contributed by atoms with Crippen LogP contribution in [0.2, 0.25) is 5.02 Å². The molecule has 1 aromatic heterocycles. The number of hydrogen-bond acceptors (Lipinski definition) is 4. The molecule has 1 saturated carbocycles. The van der Waals surface area contributed by atoms with Crippen LogP contribution in [0.15, 0.2) is 12.3 Å². The van der Waals surface area contributed by atoms with Crippen LogP contribution < -0.4 is 10.6 Å². The first kappa shape index (κ1) is 15.1. The third-order valence-electron chi connectivity index (χ3n) is 3.73. The lowest BCUT2D eigenvalue weighted by molar-refractivity contribution is -0.0679. The number of anilines is 1. The Bertz CT molecular complexity index is 484. The third kappa shape index (κ3) is 3.22. The monoisotopic (exact) mass is 297 g/mol. The average molecular weight is 298 g/mol. The molecule has 1 heterocycles. The fourth-order valence-corrected chi connectivity index (χ4v) is 2.44. The summed E-state index contributed by atoms with van der Waals surface area (Å²) in [5.41, 5.74) is 0.239. The molecule has 1 aliphatic carbocycles. The van der Waals surface area contributed by atoms with Crippen molar-refractivity contribution in [1.29, 1.82) is 0 Å². The summed E-state index contributed by atoms with van der Waals surface area (Å²) in [4.78, 5) is 16.3. The summed E-state index contributed by atoms with van der Waals surface area (Å²) in [5, 5.41) is 6.31. The molecular weight excluding hydrogens is 278 g/mol. The molecule has 1 amide bonds. The van der Waals surface area contributed by atoms with Crippen molar-refractivity contribution in [2.24, 2.45) is 0 Å². The van der Waals surface area contributed by atoms with Crippen LogP contribution in [0.3, 0.4) is 0 Å². The number of aromatic nitrogens is 1. The Hall–Kier alpha value is -1.33. The summed E-state index contributed by atoms with van der Waals surface area (Å²) in [6.45, 7) is 3.22. The highest BCUT2D eigenvalue weighted by Crippen LogP contribution is 2.34. The fraction of sp³-hybridized carbons (Fsp3) is 0.571. The van der Waals surface area contributed by atoms with Crippen molar-refractivity contribution in [3.05, 3.63) is 22.8 Å². The van der Waals surface area contributed by atoms with Gasteiger partial charge in [-0.25, -0.2) is 4.98 Å². The maximum absolute atomic E-state index is 12.2. The van der Waals surface area contributed by atoms with Gasteiger partial charge in [-0.2, -0.15) is 0 Å². The molecule has 6 heteroatoms. The van der Waals surface area contributed by atoms with Gasteiger partial charge in [-0.1, -0.05) is 11.6 Å². The summed E-state index contributed by atoms with van der Waals surface area (Å²) in [6, 6.07) is 1.67. The molecular formula is C14H20ClN3O2. The van der Waals surface area contributed by atoms with Crippen molar-refractivity contribution in [3.8, 4) is 0 Å². The standard InChI is InChI=1S/C14H20ClN3O2/c1-3-16-12-7-10(11(15)8-17-12)13(19)18-9-14(20-2)5-4-6-14/h7-8H,3-6,9H2,1-2H3,(H,16,17)(H,18,19). The lowest BCUT2D eigenvalue weighted by Gasteiger charge is -2.40. The van der Waals surface area contributed by atoms with E-state index in [1.165, 1.54) is 6.20 Å². The van der Waals surface area contributed by atoms with Crippen LogP contribution in [0, 0.1) is 0 Å². The minimum atomic E-state index is -0.195. The summed E-state index contributed by atoms with van der Waals surface area (Å²) >= 11 is 6.04. The van der Waals surface area contributed by atoms with Gasteiger partial charge in [0.2, 0.25) is 0 Å². The Morgan fingerprint density at radius 2 is 2.30 bits per heavy atom. The molecule has 1 aliphatic rings. The quantitative estimate of drug-likeness (QED) is 0.847. The number of pyridine rings is 1. The maximum Gasteiger partial charge on any atom is 0.253 e. The molecule has 0 atom stereocenters. The highest BCUT2D eigenvalue weighted by Gasteiger charge is 2.37. The predicted octanol–water partition coefficient (Wildman–Crippen LogP) is 2.47. The van der Waals surface area contributed by atoms with Gasteiger partial charge in [0.15, 0.2) is 0 Å². The minimum absolute atomic E-state index is 0.195. The molecule has 0 radical (unpaired) electrons. The number of nitrogens with one attached hydrogen (secondary N) is 2. The normalized spacial score (nSPS) is 16.4. The first-order chi connectivity index (χ1) is 9.60. The molecule has 1 aromatic rings. The van der Waals surface area contributed by atoms with Gasteiger partial charge in [-0.3, -0.25) is 4.79 Å². The van der Waals surface area contributed by atoms with Gasteiger partial charge in [-0.05, 0) is 32.3 Å². The first-order valence-corrected chi connectivity index (χ1v) is 7.21. The van der Waals surface area contributed by atoms with Gasteiger partial charge in [-0.15, -0.1) is 0 Å². The summed E-state index contributed by atoms with van der Waals surface area (Å²) in [7, 11) is 1.69. The molecule has 110 valence electrons. The van der Waals surface area contributed by atoms with Gasteiger partial charge in [0, 0.05) is 26.4 Å². The lowest BCUT2D eigenvalue weighted by Crippen LogP contribution is -2.49. The van der Waals surface area contributed by atoms with E-state index < -0.39 is 0 Å². The highest BCUT2D eigenvalue weighted by atomic mass is 35.5. The van der Waals surface area contributed by atoms with Crippen LogP contribution in [0.1, 0.15) is 36.5 Å². The Morgan fingerprint density at radius 3 is 2.85 bits per heavy atom. The zero-order valence-corrected chi connectivity index (χ0v) is 12.6. The molecule has 5 nitrogen and oxygen atoms in total. The topological polar surface area (TPSA) is 63.2 Å². The van der Waals surface area contributed by atoms with Crippen LogP contribution in [0.5, 0.6) is 0 Å². The molecule has 0 unspecified atom stereocenters. The average Bonchev–Trinajstić information content (AvgIpc) is 2.40. The summed E-state index contributed by atoms with van der Waals surface area (Å²) in [6.07, 6.45) is 4.60. The van der Waals surface area contributed by atoms with Crippen molar-refractivity contribution in [3.63, 3.8) is 0 Å². The van der Waals surface area contributed by atoms with Gasteiger partial charge in [0.05, 0.1) is 16.2 Å². The Labute approximate surface area is 124 Å². The largest absolute Gasteiger partial charge is 0.376 e. The molecule has 0 aliphatic heterocycles. The first-order valence-electron chi connectivity index (χ1n) is 6.83. The van der Waals surface area contributed by atoms with E-state index in [0.717, 1.165) is 25.8 Å². The predicted molar refractivity (Wildman–Crippen MR) is 79.3 cm³/mol. The van der Waals surface area contributed by atoms with Crippen molar-refractivity contribution >= 4 is 23.3 Å². The van der Waals surface area contributed by atoms with E-state index in [-0.39, 0.29) is 11.5 Å². The lowest BCUT2D eigenvalue weighted by atomic mass is 9.80. The van der Waals surface area contributed by atoms with Crippen LogP contribution in [-0.2, 0) is 4.74 Å². The van der Waals surface area contributed by atoms with Crippen LogP contribution in [0.4, 0.5) is 5.82 Å². The van der Waals surface area contributed by atoms with Gasteiger partial charge in [0.1, 0.15) is 5.82 Å². The second-order valence-electron chi connectivity index (χ2n) is 5.00. The molecule has 0 saturated heterocycles. The van der Waals surface area contributed by atoms with E-state index in [2.05, 4.69) is 15.6 Å². The second kappa shape index (κ2) is 6.41. The van der Waals surface area contributed by atoms with E-state index in [1.54, 1.807) is 13.2 Å². The number of nitrogens with zero attached hydrogens (tertiary/aromatic N) is 1. The fourth-order valence-electron chi connectivity index (χ4n) is 2.25. The molecule has 2 rings (SSSR count). The number of hydrogen-bond donors (Lipinski definition) is 2. The number of halogens is 1. The maximum atomic E-state index is 12.2. The van der Waals surface area contributed by atoms with E-state index in [1.807, 2.05) is 6.92 Å². The van der Waals surface area contributed by atoms with E-state index in [9.17, 15) is 4.79 Å². The number of ether oxygens (including phenoxy) is 1. The number of carbonyl (C=O) groups is 1. The summed E-state index contributed by atoms with van der Waals surface area (Å²) in [5.74, 6) is 0.451. The second-order valence-corrected chi connectivity index (χ2v) is 5.41. The smallest absolute Gasteiger partial charge is 0.253 e. The zero-order chi connectivity index (χ0) is 14.6. The van der Waals surface area contributed by atoms with E-state index in [0.29, 0.717) is 22.9 Å². The van der Waals surface area contributed by atoms with E-state index in [4.69, 9.17) is 16.3 Å². The van der Waals surface area contributed by atoms with Crippen molar-refractivity contribution < 1.29 is 9.53 Å². The van der Waals surface area contributed by atoms with Crippen molar-refractivity contribution in [2.45, 2.75) is 31.8 Å². The summed E-state index contributed by atoms with van der Waals surface area (Å²) < 4.78 is 5.48. The Morgan fingerprint density at radius 1 is 1.55 bits per heavy atom. The van der Waals surface area contributed by atoms with Gasteiger partial charge >= 0.3 is 0 Å². The Balaban J connectivity index is 2.03. The van der Waals surface area contributed by atoms with Crippen molar-refractivity contribution in [2.75, 3.05) is 25.5 Å². The van der Waals surface area contributed by atoms with E-state index >= 15 is 0 Å². The van der Waals surface area contributed by atoms with Crippen molar-refractivity contribution in [1.82, 2.24) is 10.3 Å². The molecule has 1 fully saturated rings. The molecule has 20 heavy (non-hydrogen) atoms.